The molecular weight excluding hydrogens is 292 g/mol. The van der Waals surface area contributed by atoms with Gasteiger partial charge in [0, 0.05) is 30.9 Å². The molecule has 0 aliphatic carbocycles. The molecule has 120 valence electrons. The van der Waals surface area contributed by atoms with Gasteiger partial charge in [0.05, 0.1) is 12.8 Å². The summed E-state index contributed by atoms with van der Waals surface area (Å²) >= 11 is 0. The van der Waals surface area contributed by atoms with Gasteiger partial charge in [-0.25, -0.2) is 0 Å². The summed E-state index contributed by atoms with van der Waals surface area (Å²) in [5, 5.41) is 5.24. The lowest BCUT2D eigenvalue weighted by Gasteiger charge is -2.20. The molecule has 3 rings (SSSR count). The first-order chi connectivity index (χ1) is 11.0. The molecule has 0 bridgehead atoms. The van der Waals surface area contributed by atoms with Gasteiger partial charge in [-0.05, 0) is 19.1 Å². The summed E-state index contributed by atoms with van der Waals surface area (Å²) in [6.45, 7) is 1.82. The van der Waals surface area contributed by atoms with Crippen LogP contribution in [-0.2, 0) is 4.79 Å². The first kappa shape index (κ1) is 15.2. The Hall–Kier alpha value is -2.69. The van der Waals surface area contributed by atoms with E-state index in [2.05, 4.69) is 5.32 Å². The molecule has 0 fully saturated rings. The van der Waals surface area contributed by atoms with E-state index < -0.39 is 0 Å². The summed E-state index contributed by atoms with van der Waals surface area (Å²) in [5.74, 6) is 0.680. The highest BCUT2D eigenvalue weighted by atomic mass is 16.5. The molecule has 23 heavy (non-hydrogen) atoms. The zero-order chi connectivity index (χ0) is 16.6. The normalized spacial score (nSPS) is 12.3. The largest absolute Gasteiger partial charge is 0.495 e. The number of para-hydroxylation sites is 1. The molecule has 3 aromatic rings. The minimum absolute atomic E-state index is 0.00300. The molecule has 0 aliphatic heterocycles. The number of nitrogens with one attached hydrogen (secondary N) is 1. The lowest BCUT2D eigenvalue weighted by atomic mass is 10.1. The zero-order valence-corrected chi connectivity index (χ0v) is 13.7. The molecule has 0 spiro atoms. The molecule has 0 saturated heterocycles. The van der Waals surface area contributed by atoms with Gasteiger partial charge in [-0.2, -0.15) is 0 Å². The molecule has 0 radical (unpaired) electrons. The number of hydrogen-bond donors (Lipinski definition) is 1. The minimum atomic E-state index is -0.360. The first-order valence-electron chi connectivity index (χ1n) is 7.48. The lowest BCUT2D eigenvalue weighted by molar-refractivity contribution is -0.129. The summed E-state index contributed by atoms with van der Waals surface area (Å²) in [6, 6.07) is 11.3. The van der Waals surface area contributed by atoms with Crippen LogP contribution in [0.5, 0.6) is 5.75 Å². The fourth-order valence-corrected chi connectivity index (χ4v) is 2.72. The van der Waals surface area contributed by atoms with Gasteiger partial charge in [0.25, 0.3) is 0 Å². The molecule has 0 aliphatic rings. The van der Waals surface area contributed by atoms with Gasteiger partial charge in [-0.1, -0.05) is 18.2 Å². The molecule has 1 amide bonds. The fraction of sp³-hybridized carbons (Fsp3) is 0.278. The zero-order valence-electron chi connectivity index (χ0n) is 13.7. The molecule has 1 N–H and O–H groups in total. The molecule has 1 aromatic heterocycles. The number of methoxy groups -OCH3 is 1. The van der Waals surface area contributed by atoms with Crippen molar-refractivity contribution in [3.05, 3.63) is 36.4 Å². The Balaban J connectivity index is 2.06. The number of benzene rings is 2. The molecule has 0 unspecified atom stereocenters. The highest BCUT2D eigenvalue weighted by molar-refractivity contribution is 6.06. The first-order valence-corrected chi connectivity index (χ1v) is 7.48. The maximum absolute atomic E-state index is 12.1. The van der Waals surface area contributed by atoms with Crippen molar-refractivity contribution in [2.75, 3.05) is 26.5 Å². The lowest BCUT2D eigenvalue weighted by Crippen LogP contribution is -2.36. The number of anilines is 1. The van der Waals surface area contributed by atoms with Gasteiger partial charge < -0.3 is 19.4 Å². The molecule has 5 heteroatoms. The number of nitrogens with zero attached hydrogens (tertiary/aromatic N) is 1. The van der Waals surface area contributed by atoms with Crippen molar-refractivity contribution in [2.24, 2.45) is 0 Å². The van der Waals surface area contributed by atoms with Crippen molar-refractivity contribution in [3.63, 3.8) is 0 Å². The summed E-state index contributed by atoms with van der Waals surface area (Å²) in [6.07, 6.45) is 0. The van der Waals surface area contributed by atoms with E-state index in [1.165, 1.54) is 0 Å². The molecule has 5 nitrogen and oxygen atoms in total. The number of hydrogen-bond acceptors (Lipinski definition) is 4. The van der Waals surface area contributed by atoms with Crippen molar-refractivity contribution in [1.82, 2.24) is 4.90 Å². The van der Waals surface area contributed by atoms with Crippen LogP contribution in [-0.4, -0.2) is 38.1 Å². The van der Waals surface area contributed by atoms with Crippen LogP contribution in [0.2, 0.25) is 0 Å². The average Bonchev–Trinajstić information content (AvgIpc) is 2.90. The number of rotatable bonds is 4. The highest BCUT2D eigenvalue weighted by Crippen LogP contribution is 2.36. The van der Waals surface area contributed by atoms with Crippen LogP contribution < -0.4 is 10.1 Å². The number of furan rings is 1. The third kappa shape index (κ3) is 2.70. The topological polar surface area (TPSA) is 54.7 Å². The Kier molecular flexibility index (Phi) is 3.86. The summed E-state index contributed by atoms with van der Waals surface area (Å²) in [7, 11) is 5.09. The van der Waals surface area contributed by atoms with Gasteiger partial charge in [0.2, 0.25) is 5.91 Å². The van der Waals surface area contributed by atoms with E-state index in [0.29, 0.717) is 5.75 Å². The Morgan fingerprint density at radius 1 is 1.17 bits per heavy atom. The summed E-state index contributed by atoms with van der Waals surface area (Å²) < 4.78 is 11.4. The molecular formula is C18H20N2O3. The van der Waals surface area contributed by atoms with E-state index in [1.807, 2.05) is 43.3 Å². The predicted molar refractivity (Wildman–Crippen MR) is 92.1 cm³/mol. The number of amides is 1. The van der Waals surface area contributed by atoms with Crippen molar-refractivity contribution in [3.8, 4) is 5.75 Å². The van der Waals surface area contributed by atoms with Crippen molar-refractivity contribution in [2.45, 2.75) is 13.0 Å². The predicted octanol–water partition coefficient (Wildman–Crippen LogP) is 3.48. The van der Waals surface area contributed by atoms with Gasteiger partial charge in [-0.15, -0.1) is 0 Å². The molecule has 2 aromatic carbocycles. The van der Waals surface area contributed by atoms with Crippen molar-refractivity contribution < 1.29 is 13.9 Å². The molecule has 1 heterocycles. The van der Waals surface area contributed by atoms with E-state index in [-0.39, 0.29) is 11.9 Å². The Morgan fingerprint density at radius 3 is 2.61 bits per heavy atom. The molecule has 1 atom stereocenters. The van der Waals surface area contributed by atoms with Crippen LogP contribution in [0.3, 0.4) is 0 Å². The fourth-order valence-electron chi connectivity index (χ4n) is 2.72. The SMILES string of the molecule is COc1cc2c(cc1N[C@@H](C)C(=O)N(C)C)oc1ccccc12. The van der Waals surface area contributed by atoms with E-state index in [9.17, 15) is 4.79 Å². The van der Waals surface area contributed by atoms with Gasteiger partial charge in [0.1, 0.15) is 23.0 Å². The highest BCUT2D eigenvalue weighted by Gasteiger charge is 2.18. The maximum Gasteiger partial charge on any atom is 0.244 e. The Labute approximate surface area is 134 Å². The second kappa shape index (κ2) is 5.83. The van der Waals surface area contributed by atoms with Gasteiger partial charge in [-0.3, -0.25) is 4.79 Å². The number of carbonyl (C=O) groups is 1. The second-order valence-corrected chi connectivity index (χ2v) is 5.75. The number of ether oxygens (including phenoxy) is 1. The van der Waals surface area contributed by atoms with Gasteiger partial charge in [0.15, 0.2) is 0 Å². The maximum atomic E-state index is 12.1. The number of likely N-dealkylation sites (N-methyl/N-ethyl adjacent to an activating group) is 1. The summed E-state index contributed by atoms with van der Waals surface area (Å²) in [5.41, 5.74) is 2.33. The second-order valence-electron chi connectivity index (χ2n) is 5.75. The Morgan fingerprint density at radius 2 is 1.91 bits per heavy atom. The monoisotopic (exact) mass is 312 g/mol. The van der Waals surface area contributed by atoms with Crippen LogP contribution in [0, 0.1) is 0 Å². The third-order valence-corrected chi connectivity index (χ3v) is 3.88. The van der Waals surface area contributed by atoms with E-state index in [0.717, 1.165) is 27.6 Å². The van der Waals surface area contributed by atoms with Crippen LogP contribution in [0.1, 0.15) is 6.92 Å². The summed E-state index contributed by atoms with van der Waals surface area (Å²) in [4.78, 5) is 13.6. The van der Waals surface area contributed by atoms with Crippen LogP contribution in [0.15, 0.2) is 40.8 Å². The molecule has 0 saturated carbocycles. The van der Waals surface area contributed by atoms with E-state index in [4.69, 9.17) is 9.15 Å². The quantitative estimate of drug-likeness (QED) is 0.801. The van der Waals surface area contributed by atoms with E-state index >= 15 is 0 Å². The van der Waals surface area contributed by atoms with Crippen LogP contribution >= 0.6 is 0 Å². The Bertz CT molecular complexity index is 867. The van der Waals surface area contributed by atoms with Gasteiger partial charge >= 0.3 is 0 Å². The number of carbonyl (C=O) groups excluding carboxylic acids is 1. The van der Waals surface area contributed by atoms with Crippen LogP contribution in [0.4, 0.5) is 5.69 Å². The third-order valence-electron chi connectivity index (χ3n) is 3.88. The van der Waals surface area contributed by atoms with Crippen molar-refractivity contribution in [1.29, 1.82) is 0 Å². The average molecular weight is 312 g/mol. The standard InChI is InChI=1S/C18H20N2O3/c1-11(18(21)20(2)3)19-14-10-16-13(9-17(14)22-4)12-7-5-6-8-15(12)23-16/h5-11,19H,1-4H3/t11-/m0/s1. The van der Waals surface area contributed by atoms with Crippen molar-refractivity contribution >= 4 is 33.5 Å². The number of fused-ring (bicyclic) bond motifs is 3. The van der Waals surface area contributed by atoms with Crippen LogP contribution in [0.25, 0.3) is 21.9 Å². The smallest absolute Gasteiger partial charge is 0.244 e. The minimum Gasteiger partial charge on any atom is -0.495 e. The van der Waals surface area contributed by atoms with E-state index in [1.54, 1.807) is 26.1 Å².